The molecule has 0 saturated carbocycles. The number of ether oxygens (including phenoxy) is 1. The number of phosphoric acid groups is 1. The van der Waals surface area contributed by atoms with Crippen LogP contribution in [0.1, 0.15) is 24.2 Å². The van der Waals surface area contributed by atoms with E-state index in [-0.39, 0.29) is 23.8 Å². The zero-order valence-electron chi connectivity index (χ0n) is 10.1. The van der Waals surface area contributed by atoms with Crippen molar-refractivity contribution in [3.63, 3.8) is 0 Å². The van der Waals surface area contributed by atoms with Crippen LogP contribution in [0.4, 0.5) is 0 Å². The molecule has 0 aliphatic rings. The summed E-state index contributed by atoms with van der Waals surface area (Å²) in [6.45, 7) is 4.09. The molecule has 2 N–H and O–H groups in total. The maximum absolute atomic E-state index is 11.6. The van der Waals surface area contributed by atoms with Gasteiger partial charge in [-0.25, -0.2) is 9.36 Å². The van der Waals surface area contributed by atoms with Crippen LogP contribution < -0.4 is 4.52 Å². The summed E-state index contributed by atoms with van der Waals surface area (Å²) in [6.07, 6.45) is 0. The van der Waals surface area contributed by atoms with Crippen LogP contribution in [0.15, 0.2) is 24.3 Å². The van der Waals surface area contributed by atoms with Gasteiger partial charge in [0.15, 0.2) is 0 Å². The van der Waals surface area contributed by atoms with Crippen LogP contribution in [0.2, 0.25) is 0 Å². The van der Waals surface area contributed by atoms with E-state index in [1.807, 2.05) is 13.8 Å². The molecule has 0 atom stereocenters. The van der Waals surface area contributed by atoms with Gasteiger partial charge in [0.25, 0.3) is 0 Å². The molecule has 0 unspecified atom stereocenters. The van der Waals surface area contributed by atoms with Crippen LogP contribution in [0.25, 0.3) is 0 Å². The molecule has 1 rings (SSSR count). The van der Waals surface area contributed by atoms with E-state index in [0.717, 1.165) is 0 Å². The number of hydrogen-bond donors (Lipinski definition) is 2. The largest absolute Gasteiger partial charge is 0.524 e. The summed E-state index contributed by atoms with van der Waals surface area (Å²) in [5, 5.41) is 0. The third-order valence-electron chi connectivity index (χ3n) is 1.84. The smallest absolute Gasteiger partial charge is 0.462 e. The molecule has 7 heteroatoms. The summed E-state index contributed by atoms with van der Waals surface area (Å²) in [7, 11) is -4.62. The Kier molecular flexibility index (Phi) is 4.90. The highest BCUT2D eigenvalue weighted by molar-refractivity contribution is 7.46. The zero-order valence-corrected chi connectivity index (χ0v) is 11.0. The molecule has 0 aromatic heterocycles. The average Bonchev–Trinajstić information content (AvgIpc) is 2.23. The van der Waals surface area contributed by atoms with Gasteiger partial charge < -0.3 is 9.26 Å². The van der Waals surface area contributed by atoms with Crippen LogP contribution in [0.5, 0.6) is 5.75 Å². The minimum absolute atomic E-state index is 0.0812. The number of carbonyl (C=O) groups excluding carboxylic acids is 1. The number of phosphoric ester groups is 1. The molecular weight excluding hydrogens is 259 g/mol. The predicted molar refractivity (Wildman–Crippen MR) is 64.2 cm³/mol. The molecule has 0 bridgehead atoms. The van der Waals surface area contributed by atoms with Crippen molar-refractivity contribution < 1.29 is 28.4 Å². The maximum Gasteiger partial charge on any atom is 0.524 e. The Hall–Kier alpha value is -1.36. The fourth-order valence-corrected chi connectivity index (χ4v) is 1.53. The summed E-state index contributed by atoms with van der Waals surface area (Å²) in [4.78, 5) is 28.9. The van der Waals surface area contributed by atoms with Crippen molar-refractivity contribution in [1.82, 2.24) is 0 Å². The molecule has 0 amide bonds. The number of carbonyl (C=O) groups is 1. The van der Waals surface area contributed by atoms with E-state index >= 15 is 0 Å². The third kappa shape index (κ3) is 5.31. The Balaban J connectivity index is 2.75. The molecule has 6 nitrogen and oxygen atoms in total. The van der Waals surface area contributed by atoms with Gasteiger partial charge in [-0.05, 0) is 24.1 Å². The monoisotopic (exact) mass is 274 g/mol. The van der Waals surface area contributed by atoms with Crippen molar-refractivity contribution in [2.24, 2.45) is 5.92 Å². The quantitative estimate of drug-likeness (QED) is 0.630. The number of benzene rings is 1. The molecule has 0 fully saturated rings. The lowest BCUT2D eigenvalue weighted by Gasteiger charge is -2.09. The highest BCUT2D eigenvalue weighted by Crippen LogP contribution is 2.37. The molecule has 0 saturated heterocycles. The molecule has 0 spiro atoms. The van der Waals surface area contributed by atoms with Crippen LogP contribution in [0.3, 0.4) is 0 Å². The van der Waals surface area contributed by atoms with Crippen molar-refractivity contribution in [2.75, 3.05) is 6.61 Å². The highest BCUT2D eigenvalue weighted by atomic mass is 31.2. The van der Waals surface area contributed by atoms with E-state index in [9.17, 15) is 9.36 Å². The minimum atomic E-state index is -4.62. The van der Waals surface area contributed by atoms with Crippen LogP contribution >= 0.6 is 7.82 Å². The van der Waals surface area contributed by atoms with Crippen LogP contribution in [0, 0.1) is 5.92 Å². The lowest BCUT2D eigenvalue weighted by molar-refractivity contribution is 0.0458. The Morgan fingerprint density at radius 1 is 1.39 bits per heavy atom. The number of hydrogen-bond acceptors (Lipinski definition) is 4. The summed E-state index contributed by atoms with van der Waals surface area (Å²) in [6, 6.07) is 5.51. The fourth-order valence-electron chi connectivity index (χ4n) is 1.14. The lowest BCUT2D eigenvalue weighted by Crippen LogP contribution is -2.10. The van der Waals surface area contributed by atoms with Crippen molar-refractivity contribution in [2.45, 2.75) is 13.8 Å². The van der Waals surface area contributed by atoms with E-state index in [2.05, 4.69) is 4.52 Å². The first-order valence-electron chi connectivity index (χ1n) is 5.30. The van der Waals surface area contributed by atoms with Gasteiger partial charge in [0.1, 0.15) is 5.75 Å². The second-order valence-corrected chi connectivity index (χ2v) is 5.27. The normalized spacial score (nSPS) is 11.4. The topological polar surface area (TPSA) is 93.1 Å². The molecule has 18 heavy (non-hydrogen) atoms. The van der Waals surface area contributed by atoms with E-state index in [1.54, 1.807) is 0 Å². The molecule has 1 aromatic carbocycles. The molecule has 100 valence electrons. The average molecular weight is 274 g/mol. The lowest BCUT2D eigenvalue weighted by atomic mass is 10.2. The van der Waals surface area contributed by atoms with Crippen molar-refractivity contribution in [3.8, 4) is 5.75 Å². The van der Waals surface area contributed by atoms with Gasteiger partial charge in [0.2, 0.25) is 0 Å². The summed E-state index contributed by atoms with van der Waals surface area (Å²) in [5.74, 6) is -0.425. The summed E-state index contributed by atoms with van der Waals surface area (Å²) < 4.78 is 20.0. The summed E-state index contributed by atoms with van der Waals surface area (Å²) >= 11 is 0. The van der Waals surface area contributed by atoms with Crippen molar-refractivity contribution >= 4 is 13.8 Å². The zero-order chi connectivity index (χ0) is 13.8. The Morgan fingerprint density at radius 3 is 2.61 bits per heavy atom. The molecule has 0 radical (unpaired) electrons. The second kappa shape index (κ2) is 6.00. The van der Waals surface area contributed by atoms with E-state index < -0.39 is 13.8 Å². The Bertz CT molecular complexity index is 464. The van der Waals surface area contributed by atoms with Gasteiger partial charge in [-0.15, -0.1) is 0 Å². The first-order valence-corrected chi connectivity index (χ1v) is 6.83. The predicted octanol–water partition coefficient (Wildman–Crippen LogP) is 1.97. The van der Waals surface area contributed by atoms with Gasteiger partial charge in [0.05, 0.1) is 12.2 Å². The summed E-state index contributed by atoms with van der Waals surface area (Å²) in [5.41, 5.74) is 0.182. The van der Waals surface area contributed by atoms with Crippen LogP contribution in [-0.2, 0) is 9.30 Å². The van der Waals surface area contributed by atoms with Gasteiger partial charge >= 0.3 is 13.8 Å². The number of rotatable bonds is 5. The van der Waals surface area contributed by atoms with E-state index in [0.29, 0.717) is 0 Å². The molecule has 0 aliphatic carbocycles. The number of esters is 1. The first kappa shape index (κ1) is 14.7. The first-order chi connectivity index (χ1) is 8.28. The fraction of sp³-hybridized carbons (Fsp3) is 0.364. The van der Waals surface area contributed by atoms with Crippen molar-refractivity contribution in [3.05, 3.63) is 29.8 Å². The Morgan fingerprint density at radius 2 is 2.06 bits per heavy atom. The van der Waals surface area contributed by atoms with Gasteiger partial charge in [-0.1, -0.05) is 19.9 Å². The molecule has 0 heterocycles. The van der Waals surface area contributed by atoms with Gasteiger partial charge in [0, 0.05) is 0 Å². The maximum atomic E-state index is 11.6. The minimum Gasteiger partial charge on any atom is -0.462 e. The highest BCUT2D eigenvalue weighted by Gasteiger charge is 2.17. The van der Waals surface area contributed by atoms with Crippen LogP contribution in [-0.4, -0.2) is 22.4 Å². The standard InChI is InChI=1S/C11H15O6P/c1-8(2)7-16-11(12)9-4-3-5-10(6-9)17-18(13,14)15/h3-6,8H,7H2,1-2H3,(H2,13,14,15). The SMILES string of the molecule is CC(C)COC(=O)c1cccc(OP(=O)(O)O)c1. The van der Waals surface area contributed by atoms with Gasteiger partial charge in [-0.3, -0.25) is 9.79 Å². The van der Waals surface area contributed by atoms with Crippen molar-refractivity contribution in [1.29, 1.82) is 0 Å². The molecule has 1 aromatic rings. The third-order valence-corrected chi connectivity index (χ3v) is 2.29. The molecular formula is C11H15O6P. The van der Waals surface area contributed by atoms with E-state index in [1.165, 1.54) is 24.3 Å². The second-order valence-electron chi connectivity index (χ2n) is 4.10. The molecule has 0 aliphatic heterocycles. The van der Waals surface area contributed by atoms with E-state index in [4.69, 9.17) is 14.5 Å². The Labute approximate surface area is 105 Å². The van der Waals surface area contributed by atoms with Gasteiger partial charge in [-0.2, -0.15) is 0 Å².